The zero-order valence-corrected chi connectivity index (χ0v) is 38.0. The number of rotatable bonds is 9. The lowest BCUT2D eigenvalue weighted by atomic mass is 9.67. The van der Waals surface area contributed by atoms with Gasteiger partial charge in [-0.3, -0.25) is 0 Å². The minimum atomic E-state index is -0.524. The van der Waals surface area contributed by atoms with Crippen LogP contribution in [-0.2, 0) is 10.8 Å². The van der Waals surface area contributed by atoms with E-state index in [0.29, 0.717) is 13.2 Å². The standard InChI is InChI=1S/C66H46O2/c1-3-5-39-67-55-37-29-47-41-53(35-27-49(47)43-55)65(61-19-11-7-15-57(61)58-16-8-12-20-62(58)65)51-31-23-45(24-32-51)46-25-33-52(34-26-46)66(63-21-13-9-17-59(63)60-18-10-14-22-64(60)66)54-36-28-50-44-56(68-40-6-4-2)38-30-48(50)42-54/h7-38,41-44H,39-40H2,1-2H3. The van der Waals surface area contributed by atoms with Gasteiger partial charge in [-0.25, -0.2) is 0 Å². The van der Waals surface area contributed by atoms with Crippen molar-refractivity contribution in [1.29, 1.82) is 0 Å². The Morgan fingerprint density at radius 3 is 0.985 bits per heavy atom. The summed E-state index contributed by atoms with van der Waals surface area (Å²) in [7, 11) is 0. The van der Waals surface area contributed by atoms with E-state index in [0.717, 1.165) is 22.3 Å². The van der Waals surface area contributed by atoms with Gasteiger partial charge in [-0.15, -0.1) is 11.8 Å². The molecule has 2 nitrogen and oxygen atoms in total. The first-order valence-electron chi connectivity index (χ1n) is 23.3. The number of ether oxygens (including phenoxy) is 2. The average molecular weight is 871 g/mol. The van der Waals surface area contributed by atoms with Gasteiger partial charge in [0.05, 0.1) is 10.8 Å². The molecular formula is C66H46O2. The number of hydrogen-bond donors (Lipinski definition) is 0. The third-order valence-corrected chi connectivity index (χ3v) is 14.3. The molecule has 2 heteroatoms. The Labute approximate surface area is 398 Å². The first kappa shape index (κ1) is 40.9. The highest BCUT2D eigenvalue weighted by Gasteiger charge is 2.47. The van der Waals surface area contributed by atoms with Gasteiger partial charge in [-0.2, -0.15) is 0 Å². The van der Waals surface area contributed by atoms with Crippen LogP contribution in [-0.4, -0.2) is 13.2 Å². The van der Waals surface area contributed by atoms with Crippen LogP contribution in [0.4, 0.5) is 0 Å². The molecule has 322 valence electrons. The summed E-state index contributed by atoms with van der Waals surface area (Å²) in [6, 6.07) is 80.9. The Kier molecular flexibility index (Phi) is 10.0. The van der Waals surface area contributed by atoms with Gasteiger partial charge >= 0.3 is 0 Å². The summed E-state index contributed by atoms with van der Waals surface area (Å²) in [5.74, 6) is 13.5. The van der Waals surface area contributed by atoms with Crippen LogP contribution in [0.15, 0.2) is 218 Å². The molecule has 0 saturated heterocycles. The predicted molar refractivity (Wildman–Crippen MR) is 279 cm³/mol. The van der Waals surface area contributed by atoms with E-state index in [2.05, 4.69) is 242 Å². The zero-order chi connectivity index (χ0) is 45.7. The van der Waals surface area contributed by atoms with Gasteiger partial charge in [0.25, 0.3) is 0 Å². The lowest BCUT2D eigenvalue weighted by Gasteiger charge is -2.34. The zero-order valence-electron chi connectivity index (χ0n) is 38.0. The van der Waals surface area contributed by atoms with Crippen molar-refractivity contribution < 1.29 is 9.47 Å². The topological polar surface area (TPSA) is 18.5 Å². The molecule has 2 aliphatic rings. The minimum Gasteiger partial charge on any atom is -0.481 e. The van der Waals surface area contributed by atoms with Crippen molar-refractivity contribution in [3.05, 3.63) is 263 Å². The van der Waals surface area contributed by atoms with Crippen molar-refractivity contribution in [3.63, 3.8) is 0 Å². The van der Waals surface area contributed by atoms with E-state index in [4.69, 9.17) is 9.47 Å². The Bertz CT molecular complexity index is 3380. The Morgan fingerprint density at radius 1 is 0.324 bits per heavy atom. The SMILES string of the molecule is CC#CCOc1ccc2cc(C3(c4ccc(-c5ccc(C6(c7ccc8cc(OCC#CC)ccc8c7)c7ccccc7-c7ccccc76)cc5)cc4)c4ccccc4-c4ccccc43)ccc2c1. The largest absolute Gasteiger partial charge is 0.481 e. The van der Waals surface area contributed by atoms with Gasteiger partial charge in [-0.1, -0.05) is 194 Å². The van der Waals surface area contributed by atoms with Crippen LogP contribution in [0.2, 0.25) is 0 Å². The quantitative estimate of drug-likeness (QED) is 0.135. The maximum Gasteiger partial charge on any atom is 0.149 e. The average Bonchev–Trinajstić information content (AvgIpc) is 3.87. The molecule has 12 rings (SSSR count). The fraction of sp³-hybridized carbons (Fsp3) is 0.0909. The van der Waals surface area contributed by atoms with Gasteiger partial charge in [0, 0.05) is 0 Å². The normalized spacial score (nSPS) is 13.3. The molecule has 68 heavy (non-hydrogen) atoms. The molecule has 0 aromatic heterocycles. The Balaban J connectivity index is 0.960. The van der Waals surface area contributed by atoms with Crippen molar-refractivity contribution in [2.45, 2.75) is 24.7 Å². The van der Waals surface area contributed by atoms with Gasteiger partial charge in [0.1, 0.15) is 24.7 Å². The molecule has 0 aliphatic heterocycles. The molecule has 0 radical (unpaired) electrons. The summed E-state index contributed by atoms with van der Waals surface area (Å²) in [6.07, 6.45) is 0. The first-order valence-corrected chi connectivity index (χ1v) is 23.3. The second kappa shape index (κ2) is 16.7. The van der Waals surface area contributed by atoms with Gasteiger partial charge < -0.3 is 9.47 Å². The molecule has 0 N–H and O–H groups in total. The number of benzene rings is 10. The Morgan fingerprint density at radius 2 is 0.632 bits per heavy atom. The molecule has 0 atom stereocenters. The van der Waals surface area contributed by atoms with Crippen LogP contribution in [0.1, 0.15) is 58.4 Å². The third-order valence-electron chi connectivity index (χ3n) is 14.3. The molecule has 0 spiro atoms. The second-order valence-corrected chi connectivity index (χ2v) is 17.7. The highest BCUT2D eigenvalue weighted by Crippen LogP contribution is 2.58. The molecular weight excluding hydrogens is 825 g/mol. The summed E-state index contributed by atoms with van der Waals surface area (Å²) in [4.78, 5) is 0. The van der Waals surface area contributed by atoms with Crippen LogP contribution >= 0.6 is 0 Å². The summed E-state index contributed by atoms with van der Waals surface area (Å²) in [5.41, 5.74) is 16.5. The molecule has 10 aromatic rings. The molecule has 0 bridgehead atoms. The van der Waals surface area contributed by atoms with Crippen LogP contribution in [0.25, 0.3) is 54.9 Å². The summed E-state index contributed by atoms with van der Waals surface area (Å²) < 4.78 is 11.9. The molecule has 0 fully saturated rings. The van der Waals surface area contributed by atoms with Crippen LogP contribution in [0.5, 0.6) is 11.5 Å². The predicted octanol–water partition coefficient (Wildman–Crippen LogP) is 15.2. The van der Waals surface area contributed by atoms with E-state index < -0.39 is 10.8 Å². The van der Waals surface area contributed by atoms with Gasteiger partial charge in [0.15, 0.2) is 0 Å². The van der Waals surface area contributed by atoms with E-state index in [1.54, 1.807) is 0 Å². The summed E-state index contributed by atoms with van der Waals surface area (Å²) >= 11 is 0. The van der Waals surface area contributed by atoms with Gasteiger partial charge in [-0.05, 0) is 150 Å². The molecule has 2 aliphatic carbocycles. The molecule has 0 heterocycles. The summed E-state index contributed by atoms with van der Waals surface area (Å²) in [6.45, 7) is 4.42. The van der Waals surface area contributed by atoms with Gasteiger partial charge in [0.2, 0.25) is 0 Å². The van der Waals surface area contributed by atoms with Crippen LogP contribution in [0, 0.1) is 23.7 Å². The molecule has 0 saturated carbocycles. The van der Waals surface area contributed by atoms with Crippen molar-refractivity contribution in [3.8, 4) is 68.6 Å². The monoisotopic (exact) mass is 870 g/mol. The molecule has 0 amide bonds. The summed E-state index contributed by atoms with van der Waals surface area (Å²) in [5, 5.41) is 4.60. The van der Waals surface area contributed by atoms with E-state index in [9.17, 15) is 0 Å². The molecule has 0 unspecified atom stereocenters. The maximum absolute atomic E-state index is 5.95. The van der Waals surface area contributed by atoms with Crippen molar-refractivity contribution in [1.82, 2.24) is 0 Å². The second-order valence-electron chi connectivity index (χ2n) is 17.7. The van der Waals surface area contributed by atoms with Crippen molar-refractivity contribution >= 4 is 21.5 Å². The highest BCUT2D eigenvalue weighted by atomic mass is 16.5. The Hall–Kier alpha value is -8.56. The van der Waals surface area contributed by atoms with Crippen molar-refractivity contribution in [2.24, 2.45) is 0 Å². The fourth-order valence-corrected chi connectivity index (χ4v) is 11.3. The lowest BCUT2D eigenvalue weighted by molar-refractivity contribution is 0.370. The maximum atomic E-state index is 5.95. The number of fused-ring (bicyclic) bond motifs is 8. The first-order chi connectivity index (χ1) is 33.6. The minimum absolute atomic E-state index is 0.375. The third kappa shape index (κ3) is 6.37. The highest BCUT2D eigenvalue weighted by molar-refractivity contribution is 5.92. The number of hydrogen-bond acceptors (Lipinski definition) is 2. The van der Waals surface area contributed by atoms with E-state index in [-0.39, 0.29) is 0 Å². The smallest absolute Gasteiger partial charge is 0.149 e. The van der Waals surface area contributed by atoms with Crippen LogP contribution in [0.3, 0.4) is 0 Å². The van der Waals surface area contributed by atoms with Crippen molar-refractivity contribution in [2.75, 3.05) is 13.2 Å². The van der Waals surface area contributed by atoms with Crippen LogP contribution < -0.4 is 9.47 Å². The van der Waals surface area contributed by atoms with E-state index in [1.165, 1.54) is 88.7 Å². The van der Waals surface area contributed by atoms with E-state index in [1.807, 2.05) is 13.8 Å². The molecule has 10 aromatic carbocycles. The fourth-order valence-electron chi connectivity index (χ4n) is 11.3. The lowest BCUT2D eigenvalue weighted by Crippen LogP contribution is -2.28. The van der Waals surface area contributed by atoms with E-state index >= 15 is 0 Å².